The van der Waals surface area contributed by atoms with E-state index in [-0.39, 0.29) is 62.2 Å². The van der Waals surface area contributed by atoms with Gasteiger partial charge in [-0.1, -0.05) is 152 Å². The maximum absolute atomic E-state index is 16.1. The average Bonchev–Trinajstić information content (AvgIpc) is 1.24. The second-order valence-electron chi connectivity index (χ2n) is 33.5. The minimum absolute atomic E-state index is 0.00356. The quantitative estimate of drug-likeness (QED) is 0.0512. The fraction of sp³-hybridized carbons (Fsp3) is 0.691. The van der Waals surface area contributed by atoms with Gasteiger partial charge in [0.2, 0.25) is 86.8 Å². The van der Waals surface area contributed by atoms with E-state index in [1.807, 2.05) is 55.4 Å². The zero-order valence-electron chi connectivity index (χ0n) is 72.8. The third-order valence-corrected chi connectivity index (χ3v) is 21.7. The van der Waals surface area contributed by atoms with E-state index in [1.165, 1.54) is 110 Å². The van der Waals surface area contributed by atoms with Crippen molar-refractivity contribution >= 4 is 98.8 Å². The van der Waals surface area contributed by atoms with Gasteiger partial charge < -0.3 is 81.6 Å². The molecule has 2 unspecified atom stereocenters. The Kier molecular flexibility index (Phi) is 39.3. The number of rotatable bonds is 25. The molecule has 1 aromatic carbocycles. The van der Waals surface area contributed by atoms with Crippen LogP contribution in [0.4, 0.5) is 4.79 Å². The summed E-state index contributed by atoms with van der Waals surface area (Å²) in [5.41, 5.74) is 6.06. The van der Waals surface area contributed by atoms with Crippen molar-refractivity contribution in [1.82, 2.24) is 75.8 Å². The Bertz CT molecular complexity index is 3780. The minimum atomic E-state index is -4.04. The van der Waals surface area contributed by atoms with Crippen LogP contribution in [0.25, 0.3) is 0 Å². The number of ether oxygens (including phenoxy) is 1. The average molecular weight is 1650 g/mol. The van der Waals surface area contributed by atoms with E-state index in [4.69, 9.17) is 10.5 Å². The largest absolute Gasteiger partial charge is 0.457 e. The van der Waals surface area contributed by atoms with Gasteiger partial charge in [0.1, 0.15) is 84.6 Å². The predicted octanol–water partition coefficient (Wildman–Crippen LogP) is 1.90. The highest BCUT2D eigenvalue weighted by atomic mass is 32.2. The summed E-state index contributed by atoms with van der Waals surface area (Å²) in [7, 11) is 5.32. The van der Waals surface area contributed by atoms with Crippen molar-refractivity contribution in [3.63, 3.8) is 0 Å². The smallest absolute Gasteiger partial charge is 0.329 e. The molecule has 34 nitrogen and oxygen atoms in total. The van der Waals surface area contributed by atoms with E-state index in [1.54, 1.807) is 65.0 Å². The summed E-state index contributed by atoms with van der Waals surface area (Å²) >= 11 is 0. The SMILES string of the molecule is C=C/C=C/[C@@H](C)[C@@H](OC(=O)C1C[C@@H](NC(=O)[C@H](Cc2ccccc2)NS(C)(=O)=O)CN1C(=O)[C@@H](C)NC(N)=O)[C@H]1C(=O)N[C@@H](CC)C(=O)N(C)CC(=O)N(C)[C@@H](CC(C)C)C(=O)NC(C(C)C)C(=O)N(C)[C@@H](CC(C)C)C(=O)N[C@@H](C)C(=O)N[C@H](C)C(=O)N(C)[C@@H](CC(C)C)C(=O)N(C)[C@@H](CC(C)C)C(=O)N(C)[C@@H](C(C)C)C(=O)N1C. The zero-order chi connectivity index (χ0) is 88.7. The van der Waals surface area contributed by atoms with Crippen molar-refractivity contribution in [2.24, 2.45) is 47.2 Å². The van der Waals surface area contributed by atoms with Crippen molar-refractivity contribution in [2.45, 2.75) is 253 Å². The maximum atomic E-state index is 16.1. The van der Waals surface area contributed by atoms with Crippen LogP contribution in [0.5, 0.6) is 0 Å². The van der Waals surface area contributed by atoms with Crippen molar-refractivity contribution < 1.29 is 85.1 Å². The molecule has 0 saturated carbocycles. The molecule has 2 saturated heterocycles. The molecule has 16 atom stereocenters. The number of urea groups is 1. The summed E-state index contributed by atoms with van der Waals surface area (Å²) in [6, 6.07) is -12.4. The summed E-state index contributed by atoms with van der Waals surface area (Å²) in [5.74, 6) is -15.3. The second-order valence-corrected chi connectivity index (χ2v) is 35.3. The van der Waals surface area contributed by atoms with Gasteiger partial charge in [-0.05, 0) is 100 Å². The lowest BCUT2D eigenvalue weighted by Gasteiger charge is -2.42. The van der Waals surface area contributed by atoms with E-state index in [0.717, 1.165) is 30.8 Å². The molecule has 0 spiro atoms. The van der Waals surface area contributed by atoms with Crippen LogP contribution < -0.4 is 42.4 Å². The van der Waals surface area contributed by atoms with Crippen LogP contribution in [0.3, 0.4) is 0 Å². The predicted molar refractivity (Wildman–Crippen MR) is 438 cm³/mol. The summed E-state index contributed by atoms with van der Waals surface area (Å²) < 4.78 is 34.4. The summed E-state index contributed by atoms with van der Waals surface area (Å²) in [6.07, 6.45) is 2.83. The highest BCUT2D eigenvalue weighted by molar-refractivity contribution is 7.88. The Hall–Kier alpha value is -9.54. The van der Waals surface area contributed by atoms with Crippen molar-refractivity contribution in [1.29, 1.82) is 0 Å². The molecule has 116 heavy (non-hydrogen) atoms. The van der Waals surface area contributed by atoms with Crippen LogP contribution in [-0.2, 0) is 88.3 Å². The van der Waals surface area contributed by atoms with Gasteiger partial charge >= 0.3 is 12.0 Å². The van der Waals surface area contributed by atoms with Crippen LogP contribution >= 0.6 is 0 Å². The summed E-state index contributed by atoms with van der Waals surface area (Å²) in [4.78, 5) is 232. The van der Waals surface area contributed by atoms with Gasteiger partial charge in [-0.3, -0.25) is 62.3 Å². The van der Waals surface area contributed by atoms with Gasteiger partial charge in [-0.25, -0.2) is 22.7 Å². The molecule has 9 N–H and O–H groups in total. The lowest BCUT2D eigenvalue weighted by atomic mass is 9.92. The molecule has 0 aliphatic carbocycles. The molecule has 0 bridgehead atoms. The van der Waals surface area contributed by atoms with Crippen LogP contribution in [-0.4, -0.2) is 296 Å². The number of nitrogens with zero attached hydrogens (tertiary/aromatic N) is 8. The fourth-order valence-electron chi connectivity index (χ4n) is 14.4. The minimum Gasteiger partial charge on any atom is -0.457 e. The summed E-state index contributed by atoms with van der Waals surface area (Å²) in [5, 5.41) is 16.0. The van der Waals surface area contributed by atoms with E-state index >= 15 is 28.8 Å². The van der Waals surface area contributed by atoms with Crippen LogP contribution in [0.15, 0.2) is 55.1 Å². The number of carbonyl (C=O) groups excluding carboxylic acids is 15. The first-order valence-corrected chi connectivity index (χ1v) is 41.9. The van der Waals surface area contributed by atoms with Gasteiger partial charge in [0, 0.05) is 74.3 Å². The number of hydrogen-bond acceptors (Lipinski definition) is 18. The van der Waals surface area contributed by atoms with Gasteiger partial charge in [0.15, 0.2) is 0 Å². The Labute approximate surface area is 686 Å². The molecule has 2 fully saturated rings. The number of likely N-dealkylation sites (tertiary alicyclic amines) is 1. The molecule has 0 radical (unpaired) electrons. The Morgan fingerprint density at radius 1 is 0.586 bits per heavy atom. The molecule has 15 amide bonds. The number of hydrogen-bond donors (Lipinski definition) is 8. The molecule has 3 rings (SSSR count). The molecule has 0 aromatic heterocycles. The first-order valence-electron chi connectivity index (χ1n) is 40.0. The van der Waals surface area contributed by atoms with Gasteiger partial charge in [0.25, 0.3) is 0 Å². The Morgan fingerprint density at radius 2 is 1.07 bits per heavy atom. The first-order chi connectivity index (χ1) is 53.7. The molecule has 1 aromatic rings. The topological polar surface area (TPSA) is 436 Å². The molecule has 652 valence electrons. The Morgan fingerprint density at radius 3 is 1.56 bits per heavy atom. The lowest BCUT2D eigenvalue weighted by Crippen LogP contribution is -2.64. The summed E-state index contributed by atoms with van der Waals surface area (Å²) in [6.45, 7) is 31.0. The van der Waals surface area contributed by atoms with Crippen molar-refractivity contribution in [2.75, 3.05) is 68.7 Å². The number of esters is 1. The molecule has 2 heterocycles. The number of primary amides is 1. The molecular formula is C81H134N16O18S. The normalized spacial score (nSPS) is 25.3. The number of benzene rings is 1. The number of likely N-dealkylation sites (N-methyl/N-ethyl adjacent to an activating group) is 7. The number of carbonyl (C=O) groups is 15. The highest BCUT2D eigenvalue weighted by Gasteiger charge is 2.50. The van der Waals surface area contributed by atoms with Gasteiger partial charge in [0.05, 0.1) is 12.8 Å². The van der Waals surface area contributed by atoms with E-state index in [2.05, 4.69) is 43.2 Å². The van der Waals surface area contributed by atoms with Crippen LogP contribution in [0, 0.1) is 41.4 Å². The van der Waals surface area contributed by atoms with E-state index < -0.39 is 227 Å². The number of amides is 15. The number of nitrogens with one attached hydrogen (secondary N) is 7. The lowest BCUT2D eigenvalue weighted by molar-refractivity contribution is -0.169. The van der Waals surface area contributed by atoms with Crippen LogP contribution in [0.1, 0.15) is 162 Å². The van der Waals surface area contributed by atoms with E-state index in [9.17, 15) is 51.6 Å². The number of nitrogens with two attached hydrogens (primary N) is 1. The maximum Gasteiger partial charge on any atom is 0.329 e. The van der Waals surface area contributed by atoms with Crippen LogP contribution in [0.2, 0.25) is 0 Å². The first kappa shape index (κ1) is 101. The third-order valence-electron chi connectivity index (χ3n) is 20.9. The molecular weight excluding hydrogens is 1520 g/mol. The van der Waals surface area contributed by atoms with Crippen molar-refractivity contribution in [3.8, 4) is 0 Å². The van der Waals surface area contributed by atoms with Crippen molar-refractivity contribution in [3.05, 3.63) is 60.7 Å². The fourth-order valence-corrected chi connectivity index (χ4v) is 15.1. The standard InChI is InChI=1S/C81H134N16O18S/c1-27-29-33-50(15)67(115-80(111)62-41-55(42-97(62)74(105)53(18)85-81(82)112)86-69(100)57(89-116(26,113)114)40-54-34-31-30-32-35-54)66-72(103)87-56(28-2)75(106)90(19)43-63(98)91(20)58(36-44(3)4)71(102)88-64(48(11)12)78(109)92(21)59(37-45(5)6)70(101)83-51(16)68(99)84-52(17)73(104)93(22)60(38-46(7)8)76(107)94(23)61(39-47(9)10)77(108)95(24)65(49(13)14)79(110)96(66)25/h27,29-35,44-53,55-62,64-67,89H,1,28,36-43H2,2-26H3,(H,83,101)(H,84,99)(H,86,100)(H,87,103)(H,88,102)(H3,82,85,112)/b33-29+/t50-,51+,52-,53-,55-,56+,57+,58+,59+,60+,61+,62?,64?,65+,66+,67-/m1/s1. The molecule has 2 aliphatic rings. The zero-order valence-corrected chi connectivity index (χ0v) is 73.6. The third kappa shape index (κ3) is 28.7. The molecule has 2 aliphatic heterocycles. The van der Waals surface area contributed by atoms with Gasteiger partial charge in [-0.15, -0.1) is 0 Å². The number of allylic oxidation sites excluding steroid dienone is 2. The second kappa shape index (κ2) is 45.3. The van der Waals surface area contributed by atoms with E-state index in [0.29, 0.717) is 5.56 Å². The monoisotopic (exact) mass is 1650 g/mol. The molecule has 35 heteroatoms. The van der Waals surface area contributed by atoms with Gasteiger partial charge in [-0.2, -0.15) is 0 Å². The number of sulfonamides is 1. The highest BCUT2D eigenvalue weighted by Crippen LogP contribution is 2.29. The Balaban J connectivity index is 2.51.